The molecule has 1 fully saturated rings. The predicted octanol–water partition coefficient (Wildman–Crippen LogP) is 2.70. The molecule has 0 aliphatic carbocycles. The van der Waals surface area contributed by atoms with Gasteiger partial charge in [-0.25, -0.2) is 4.98 Å². The van der Waals surface area contributed by atoms with Gasteiger partial charge in [-0.2, -0.15) is 0 Å². The lowest BCUT2D eigenvalue weighted by Gasteiger charge is -2.26. The van der Waals surface area contributed by atoms with Crippen LogP contribution in [-0.4, -0.2) is 60.2 Å². The molecule has 0 amide bonds. The van der Waals surface area contributed by atoms with Crippen LogP contribution in [0.2, 0.25) is 0 Å². The summed E-state index contributed by atoms with van der Waals surface area (Å²) in [4.78, 5) is 11.3. The average molecular weight is 470 g/mol. The van der Waals surface area contributed by atoms with Gasteiger partial charge in [0.15, 0.2) is 5.96 Å². The molecule has 2 heterocycles. The number of nitrogens with one attached hydrogen (secondary N) is 2. The Hall–Kier alpha value is -1.35. The Balaban J connectivity index is 0.00000243. The Morgan fingerprint density at radius 1 is 1.08 bits per heavy atom. The number of aliphatic imine (C=N–C) groups is 1. The first kappa shape index (κ1) is 21.0. The summed E-state index contributed by atoms with van der Waals surface area (Å²) in [6.07, 6.45) is 7.04. The van der Waals surface area contributed by atoms with E-state index in [9.17, 15) is 0 Å². The summed E-state index contributed by atoms with van der Waals surface area (Å²) in [5.41, 5.74) is 2.26. The van der Waals surface area contributed by atoms with Crippen LogP contribution in [-0.2, 0) is 6.54 Å². The number of aromatic nitrogens is 2. The highest BCUT2D eigenvalue weighted by Gasteiger charge is 2.09. The zero-order valence-electron chi connectivity index (χ0n) is 15.7. The summed E-state index contributed by atoms with van der Waals surface area (Å²) in [5.74, 6) is 0.896. The zero-order valence-corrected chi connectivity index (χ0v) is 18.0. The fourth-order valence-electron chi connectivity index (χ4n) is 3.38. The first-order valence-corrected chi connectivity index (χ1v) is 9.43. The Morgan fingerprint density at radius 3 is 2.65 bits per heavy atom. The first-order valence-electron chi connectivity index (χ1n) is 9.43. The fraction of sp³-hybridized carbons (Fsp3) is 0.579. The summed E-state index contributed by atoms with van der Waals surface area (Å²) in [5, 5.41) is 6.82. The predicted molar refractivity (Wildman–Crippen MR) is 119 cm³/mol. The van der Waals surface area contributed by atoms with Gasteiger partial charge in [0.2, 0.25) is 0 Å². The molecule has 2 N–H and O–H groups in total. The summed E-state index contributed by atoms with van der Waals surface area (Å²) in [6, 6.07) is 8.27. The number of para-hydroxylation sites is 2. The number of nitrogens with zero attached hydrogens (tertiary/aromatic N) is 4. The summed E-state index contributed by atoms with van der Waals surface area (Å²) in [7, 11) is 1.83. The van der Waals surface area contributed by atoms with Crippen molar-refractivity contribution >= 4 is 41.0 Å². The van der Waals surface area contributed by atoms with Crippen LogP contribution in [0.15, 0.2) is 35.6 Å². The molecular formula is C19H31IN6. The third-order valence-corrected chi connectivity index (χ3v) is 4.79. The molecule has 1 aliphatic heterocycles. The van der Waals surface area contributed by atoms with Crippen LogP contribution in [0.1, 0.15) is 25.7 Å². The van der Waals surface area contributed by atoms with E-state index in [4.69, 9.17) is 0 Å². The Bertz CT molecular complexity index is 677. The van der Waals surface area contributed by atoms with Crippen LogP contribution in [0, 0.1) is 0 Å². The van der Waals surface area contributed by atoms with E-state index in [1.807, 2.05) is 19.4 Å². The monoisotopic (exact) mass is 470 g/mol. The van der Waals surface area contributed by atoms with Gasteiger partial charge in [-0.3, -0.25) is 4.99 Å². The lowest BCUT2D eigenvalue weighted by Crippen LogP contribution is -2.43. The highest BCUT2D eigenvalue weighted by atomic mass is 127. The van der Waals surface area contributed by atoms with Crippen molar-refractivity contribution in [3.8, 4) is 0 Å². The van der Waals surface area contributed by atoms with Crippen LogP contribution >= 0.6 is 24.0 Å². The van der Waals surface area contributed by atoms with Crippen molar-refractivity contribution in [1.29, 1.82) is 0 Å². The van der Waals surface area contributed by atoms with E-state index in [2.05, 4.69) is 48.3 Å². The molecule has 6 nitrogen and oxygen atoms in total. The molecule has 1 aliphatic rings. The maximum Gasteiger partial charge on any atom is 0.191 e. The lowest BCUT2D eigenvalue weighted by atomic mass is 10.1. The number of guanidine groups is 1. The standard InChI is InChI=1S/C19H30N6.HI/c1-20-19(22-11-15-24-12-5-2-6-13-24)21-10-7-14-25-16-23-17-8-3-4-9-18(17)25;/h3-4,8-9,16H,2,5-7,10-15H2,1H3,(H2,20,21,22);1H. The Labute approximate surface area is 173 Å². The van der Waals surface area contributed by atoms with E-state index in [0.29, 0.717) is 0 Å². The van der Waals surface area contributed by atoms with Gasteiger partial charge in [-0.15, -0.1) is 24.0 Å². The maximum atomic E-state index is 4.44. The van der Waals surface area contributed by atoms with E-state index >= 15 is 0 Å². The number of hydrogen-bond acceptors (Lipinski definition) is 3. The Morgan fingerprint density at radius 2 is 1.85 bits per heavy atom. The second kappa shape index (κ2) is 11.4. The molecule has 1 saturated heterocycles. The molecule has 0 saturated carbocycles. The van der Waals surface area contributed by atoms with Gasteiger partial charge >= 0.3 is 0 Å². The van der Waals surface area contributed by atoms with Crippen molar-refractivity contribution in [2.45, 2.75) is 32.2 Å². The molecule has 0 bridgehead atoms. The SMILES string of the molecule is CN=C(NCCCn1cnc2ccccc21)NCCN1CCCCC1.I. The number of hydrogen-bond donors (Lipinski definition) is 2. The van der Waals surface area contributed by atoms with Crippen molar-refractivity contribution in [2.24, 2.45) is 4.99 Å². The molecule has 0 unspecified atom stereocenters. The summed E-state index contributed by atoms with van der Waals surface area (Å²) >= 11 is 0. The summed E-state index contributed by atoms with van der Waals surface area (Å²) in [6.45, 7) is 6.39. The number of likely N-dealkylation sites (tertiary alicyclic amines) is 1. The minimum atomic E-state index is 0. The molecule has 3 rings (SSSR count). The number of imidazole rings is 1. The van der Waals surface area contributed by atoms with Crippen molar-refractivity contribution in [2.75, 3.05) is 39.8 Å². The number of rotatable bonds is 7. The highest BCUT2D eigenvalue weighted by molar-refractivity contribution is 14.0. The van der Waals surface area contributed by atoms with Crippen LogP contribution < -0.4 is 10.6 Å². The molecule has 1 aromatic heterocycles. The van der Waals surface area contributed by atoms with Gasteiger partial charge < -0.3 is 20.1 Å². The fourth-order valence-corrected chi connectivity index (χ4v) is 3.38. The van der Waals surface area contributed by atoms with Crippen molar-refractivity contribution in [1.82, 2.24) is 25.1 Å². The molecule has 26 heavy (non-hydrogen) atoms. The number of fused-ring (bicyclic) bond motifs is 1. The number of piperidine rings is 1. The van der Waals surface area contributed by atoms with E-state index < -0.39 is 0 Å². The second-order valence-corrected chi connectivity index (χ2v) is 6.61. The largest absolute Gasteiger partial charge is 0.356 e. The topological polar surface area (TPSA) is 57.5 Å². The number of benzene rings is 1. The molecular weight excluding hydrogens is 439 g/mol. The molecule has 144 valence electrons. The molecule has 1 aromatic carbocycles. The summed E-state index contributed by atoms with van der Waals surface area (Å²) < 4.78 is 2.21. The molecule has 0 atom stereocenters. The number of aryl methyl sites for hydroxylation is 1. The van der Waals surface area contributed by atoms with E-state index in [1.165, 1.54) is 37.9 Å². The highest BCUT2D eigenvalue weighted by Crippen LogP contribution is 2.11. The average Bonchev–Trinajstić information content (AvgIpc) is 3.08. The molecule has 7 heteroatoms. The minimum absolute atomic E-state index is 0. The van der Waals surface area contributed by atoms with Crippen LogP contribution in [0.3, 0.4) is 0 Å². The normalized spacial score (nSPS) is 15.7. The zero-order chi connectivity index (χ0) is 17.3. The van der Waals surface area contributed by atoms with E-state index in [1.54, 1.807) is 0 Å². The van der Waals surface area contributed by atoms with Gasteiger partial charge in [0, 0.05) is 33.2 Å². The van der Waals surface area contributed by atoms with Crippen LogP contribution in [0.5, 0.6) is 0 Å². The van der Waals surface area contributed by atoms with Gasteiger partial charge in [-0.1, -0.05) is 18.6 Å². The van der Waals surface area contributed by atoms with Crippen LogP contribution in [0.4, 0.5) is 0 Å². The third-order valence-electron chi connectivity index (χ3n) is 4.79. The molecule has 0 spiro atoms. The van der Waals surface area contributed by atoms with Gasteiger partial charge in [0.05, 0.1) is 17.4 Å². The van der Waals surface area contributed by atoms with Gasteiger partial charge in [0.1, 0.15) is 0 Å². The van der Waals surface area contributed by atoms with Crippen molar-refractivity contribution in [3.63, 3.8) is 0 Å². The minimum Gasteiger partial charge on any atom is -0.356 e. The van der Waals surface area contributed by atoms with E-state index in [-0.39, 0.29) is 24.0 Å². The van der Waals surface area contributed by atoms with Crippen molar-refractivity contribution in [3.05, 3.63) is 30.6 Å². The molecule has 2 aromatic rings. The van der Waals surface area contributed by atoms with E-state index in [0.717, 1.165) is 44.1 Å². The lowest BCUT2D eigenvalue weighted by molar-refractivity contribution is 0.232. The van der Waals surface area contributed by atoms with Crippen molar-refractivity contribution < 1.29 is 0 Å². The molecule has 0 radical (unpaired) electrons. The quantitative estimate of drug-likeness (QED) is 0.283. The van der Waals surface area contributed by atoms with Gasteiger partial charge in [0.25, 0.3) is 0 Å². The number of halogens is 1. The first-order chi connectivity index (χ1) is 12.4. The third kappa shape index (κ3) is 6.12. The van der Waals surface area contributed by atoms with Crippen LogP contribution in [0.25, 0.3) is 11.0 Å². The van der Waals surface area contributed by atoms with Gasteiger partial charge in [-0.05, 0) is 44.5 Å². The Kier molecular flexibility index (Phi) is 9.17. The maximum absolute atomic E-state index is 4.44. The smallest absolute Gasteiger partial charge is 0.191 e. The second-order valence-electron chi connectivity index (χ2n) is 6.61.